The smallest absolute Gasteiger partial charge is 0.307 e. The van der Waals surface area contributed by atoms with Gasteiger partial charge in [-0.15, -0.1) is 0 Å². The van der Waals surface area contributed by atoms with Gasteiger partial charge in [-0.1, -0.05) is 29.8 Å². The van der Waals surface area contributed by atoms with Gasteiger partial charge < -0.3 is 5.11 Å². The van der Waals surface area contributed by atoms with Gasteiger partial charge in [-0.3, -0.25) is 9.69 Å². The molecule has 0 saturated carbocycles. The summed E-state index contributed by atoms with van der Waals surface area (Å²) in [6.45, 7) is 3.49. The predicted octanol–water partition coefficient (Wildman–Crippen LogP) is 3.03. The van der Waals surface area contributed by atoms with Gasteiger partial charge in [0.05, 0.1) is 5.92 Å². The molecule has 1 heterocycles. The molecule has 3 nitrogen and oxygen atoms in total. The molecule has 1 aromatic rings. The SMILES string of the molecule is CC1CCC(C(=O)O)CN1Cc1ccccc1Cl. The summed E-state index contributed by atoms with van der Waals surface area (Å²) in [6, 6.07) is 8.16. The van der Waals surface area contributed by atoms with Gasteiger partial charge in [-0.05, 0) is 31.4 Å². The van der Waals surface area contributed by atoms with Gasteiger partial charge in [0.2, 0.25) is 0 Å². The summed E-state index contributed by atoms with van der Waals surface area (Å²) in [6.07, 6.45) is 1.71. The number of hydrogen-bond acceptors (Lipinski definition) is 2. The summed E-state index contributed by atoms with van der Waals surface area (Å²) in [4.78, 5) is 13.3. The van der Waals surface area contributed by atoms with Gasteiger partial charge in [-0.25, -0.2) is 0 Å². The Hall–Kier alpha value is -1.06. The van der Waals surface area contributed by atoms with Gasteiger partial charge >= 0.3 is 5.97 Å². The third kappa shape index (κ3) is 3.03. The van der Waals surface area contributed by atoms with E-state index in [2.05, 4.69) is 11.8 Å². The van der Waals surface area contributed by atoms with Crippen LogP contribution in [0, 0.1) is 5.92 Å². The van der Waals surface area contributed by atoms with Gasteiger partial charge in [-0.2, -0.15) is 0 Å². The van der Waals surface area contributed by atoms with Crippen molar-refractivity contribution in [1.29, 1.82) is 0 Å². The van der Waals surface area contributed by atoms with Crippen molar-refractivity contribution in [1.82, 2.24) is 4.90 Å². The second-order valence-electron chi connectivity index (χ2n) is 4.98. The van der Waals surface area contributed by atoms with Gasteiger partial charge in [0.15, 0.2) is 0 Å². The van der Waals surface area contributed by atoms with E-state index in [1.165, 1.54) is 0 Å². The molecule has 1 aliphatic rings. The molecule has 0 aromatic heterocycles. The number of nitrogens with zero attached hydrogens (tertiary/aromatic N) is 1. The van der Waals surface area contributed by atoms with E-state index in [0.29, 0.717) is 12.6 Å². The Labute approximate surface area is 112 Å². The van der Waals surface area contributed by atoms with E-state index in [1.54, 1.807) is 0 Å². The zero-order valence-corrected chi connectivity index (χ0v) is 11.2. The minimum absolute atomic E-state index is 0.247. The standard InChI is InChI=1S/C14H18ClNO2/c1-10-6-7-12(14(17)18)9-16(10)8-11-4-2-3-5-13(11)15/h2-5,10,12H,6-9H2,1H3,(H,17,18). The van der Waals surface area contributed by atoms with Crippen LogP contribution in [0.3, 0.4) is 0 Å². The van der Waals surface area contributed by atoms with Gasteiger partial charge in [0.1, 0.15) is 0 Å². The number of halogens is 1. The minimum Gasteiger partial charge on any atom is -0.481 e. The lowest BCUT2D eigenvalue weighted by Gasteiger charge is -2.36. The molecule has 0 aliphatic carbocycles. The molecular weight excluding hydrogens is 250 g/mol. The second-order valence-corrected chi connectivity index (χ2v) is 5.39. The predicted molar refractivity (Wildman–Crippen MR) is 71.7 cm³/mol. The molecule has 2 rings (SSSR count). The molecule has 2 unspecified atom stereocenters. The highest BCUT2D eigenvalue weighted by Crippen LogP contribution is 2.25. The zero-order valence-electron chi connectivity index (χ0n) is 10.5. The van der Waals surface area contributed by atoms with Crippen LogP contribution in [0.15, 0.2) is 24.3 Å². The summed E-state index contributed by atoms with van der Waals surface area (Å²) in [5.41, 5.74) is 1.07. The fourth-order valence-electron chi connectivity index (χ4n) is 2.45. The Morgan fingerprint density at radius 3 is 2.83 bits per heavy atom. The van der Waals surface area contributed by atoms with E-state index in [1.807, 2.05) is 24.3 Å². The van der Waals surface area contributed by atoms with Crippen LogP contribution >= 0.6 is 11.6 Å². The van der Waals surface area contributed by atoms with Crippen LogP contribution < -0.4 is 0 Å². The number of carboxylic acids is 1. The fourth-order valence-corrected chi connectivity index (χ4v) is 2.64. The number of benzene rings is 1. The molecule has 2 atom stereocenters. The topological polar surface area (TPSA) is 40.5 Å². The maximum atomic E-state index is 11.1. The summed E-state index contributed by atoms with van der Waals surface area (Å²) < 4.78 is 0. The number of rotatable bonds is 3. The number of hydrogen-bond donors (Lipinski definition) is 1. The van der Waals surface area contributed by atoms with Crippen molar-refractivity contribution >= 4 is 17.6 Å². The number of carbonyl (C=O) groups is 1. The highest BCUT2D eigenvalue weighted by Gasteiger charge is 2.29. The Bertz CT molecular complexity index is 436. The van der Waals surface area contributed by atoms with Crippen molar-refractivity contribution in [2.75, 3.05) is 6.54 Å². The molecule has 1 aromatic carbocycles. The van der Waals surface area contributed by atoms with E-state index in [-0.39, 0.29) is 5.92 Å². The number of aliphatic carboxylic acids is 1. The third-order valence-corrected chi connectivity index (χ3v) is 4.06. The summed E-state index contributed by atoms with van der Waals surface area (Å²) in [7, 11) is 0. The average molecular weight is 268 g/mol. The zero-order chi connectivity index (χ0) is 13.1. The van der Waals surface area contributed by atoms with Gasteiger partial charge in [0, 0.05) is 24.2 Å². The van der Waals surface area contributed by atoms with Crippen LogP contribution in [-0.4, -0.2) is 28.6 Å². The van der Waals surface area contributed by atoms with Crippen LogP contribution in [0.5, 0.6) is 0 Å². The number of piperidine rings is 1. The van der Waals surface area contributed by atoms with Crippen molar-refractivity contribution in [3.63, 3.8) is 0 Å². The Morgan fingerprint density at radius 2 is 2.17 bits per heavy atom. The fraction of sp³-hybridized carbons (Fsp3) is 0.500. The lowest BCUT2D eigenvalue weighted by Crippen LogP contribution is -2.43. The molecule has 0 spiro atoms. The maximum absolute atomic E-state index is 11.1. The molecule has 4 heteroatoms. The average Bonchev–Trinajstić information content (AvgIpc) is 2.34. The van der Waals surface area contributed by atoms with Gasteiger partial charge in [0.25, 0.3) is 0 Å². The molecule has 1 fully saturated rings. The lowest BCUT2D eigenvalue weighted by molar-refractivity contribution is -0.144. The summed E-state index contributed by atoms with van der Waals surface area (Å²) >= 11 is 6.15. The molecule has 0 radical (unpaired) electrons. The lowest BCUT2D eigenvalue weighted by atomic mass is 9.93. The van der Waals surface area contributed by atoms with Crippen LogP contribution in [0.25, 0.3) is 0 Å². The van der Waals surface area contributed by atoms with Crippen molar-refractivity contribution in [3.05, 3.63) is 34.9 Å². The normalized spacial score (nSPS) is 25.0. The summed E-state index contributed by atoms with van der Waals surface area (Å²) in [5, 5.41) is 9.86. The van der Waals surface area contributed by atoms with Crippen LogP contribution in [0.2, 0.25) is 5.02 Å². The first kappa shape index (κ1) is 13.4. The van der Waals surface area contributed by atoms with E-state index in [4.69, 9.17) is 16.7 Å². The van der Waals surface area contributed by atoms with Crippen molar-refractivity contribution in [3.8, 4) is 0 Å². The molecule has 0 amide bonds. The maximum Gasteiger partial charge on any atom is 0.307 e. The Balaban J connectivity index is 2.07. The monoisotopic (exact) mass is 267 g/mol. The quantitative estimate of drug-likeness (QED) is 0.915. The summed E-state index contributed by atoms with van der Waals surface area (Å²) in [5.74, 6) is -0.935. The first-order valence-electron chi connectivity index (χ1n) is 6.28. The van der Waals surface area contributed by atoms with Crippen LogP contribution in [0.1, 0.15) is 25.3 Å². The van der Waals surface area contributed by atoms with E-state index in [9.17, 15) is 4.79 Å². The molecule has 1 aliphatic heterocycles. The van der Waals surface area contributed by atoms with Crippen LogP contribution in [-0.2, 0) is 11.3 Å². The largest absolute Gasteiger partial charge is 0.481 e. The Kier molecular flexibility index (Phi) is 4.25. The molecule has 18 heavy (non-hydrogen) atoms. The van der Waals surface area contributed by atoms with E-state index >= 15 is 0 Å². The highest BCUT2D eigenvalue weighted by atomic mass is 35.5. The van der Waals surface area contributed by atoms with E-state index in [0.717, 1.165) is 30.0 Å². The van der Waals surface area contributed by atoms with Crippen molar-refractivity contribution in [2.45, 2.75) is 32.4 Å². The van der Waals surface area contributed by atoms with Crippen molar-refractivity contribution in [2.24, 2.45) is 5.92 Å². The highest BCUT2D eigenvalue weighted by molar-refractivity contribution is 6.31. The Morgan fingerprint density at radius 1 is 1.44 bits per heavy atom. The number of likely N-dealkylation sites (tertiary alicyclic amines) is 1. The molecule has 1 saturated heterocycles. The number of carboxylic acid groups (broad SMARTS) is 1. The first-order chi connectivity index (χ1) is 8.58. The molecule has 0 bridgehead atoms. The molecular formula is C14H18ClNO2. The molecule has 1 N–H and O–H groups in total. The van der Waals surface area contributed by atoms with Crippen LogP contribution in [0.4, 0.5) is 0 Å². The van der Waals surface area contributed by atoms with E-state index < -0.39 is 5.97 Å². The first-order valence-corrected chi connectivity index (χ1v) is 6.66. The van der Waals surface area contributed by atoms with Crippen molar-refractivity contribution < 1.29 is 9.90 Å². The second kappa shape index (κ2) is 5.72. The minimum atomic E-state index is -0.689. The molecule has 98 valence electrons. The third-order valence-electron chi connectivity index (χ3n) is 3.69.